The van der Waals surface area contributed by atoms with Crippen LogP contribution in [0.3, 0.4) is 0 Å². The molecule has 2 aromatic carbocycles. The Morgan fingerprint density at radius 2 is 2.00 bits per heavy atom. The monoisotopic (exact) mass is 411 g/mol. The van der Waals surface area contributed by atoms with Gasteiger partial charge in [0, 0.05) is 29.4 Å². The number of aromatic nitrogens is 2. The summed E-state index contributed by atoms with van der Waals surface area (Å²) < 4.78 is 2.59. The zero-order valence-corrected chi connectivity index (χ0v) is 17.0. The maximum absolute atomic E-state index is 12.5. The van der Waals surface area contributed by atoms with E-state index in [-0.39, 0.29) is 17.9 Å². The molecule has 142 valence electrons. The highest BCUT2D eigenvalue weighted by atomic mass is 35.5. The van der Waals surface area contributed by atoms with Crippen LogP contribution in [-0.4, -0.2) is 15.5 Å². The van der Waals surface area contributed by atoms with Gasteiger partial charge in [0.05, 0.1) is 15.7 Å². The summed E-state index contributed by atoms with van der Waals surface area (Å²) in [5.74, 6) is -0.181. The third-order valence-corrected chi connectivity index (χ3v) is 5.87. The number of aryl methyl sites for hydroxylation is 3. The number of hydrogen-bond acceptors (Lipinski definition) is 4. The lowest BCUT2D eigenvalue weighted by atomic mass is 10.1. The molecule has 0 fully saturated rings. The van der Waals surface area contributed by atoms with Crippen molar-refractivity contribution in [3.63, 3.8) is 0 Å². The van der Waals surface area contributed by atoms with Gasteiger partial charge in [-0.15, -0.1) is 0 Å². The molecule has 0 bridgehead atoms. The standard InChI is InChI=1S/C21H18ClN3O2S/c1-12-4-3-5-15-13(2)10-19(27)25(20(12)15)9-8-18(26)24-21-23-16-7-6-14(22)11-17(16)28-21/h3-7,10-11H,8-9H2,1-2H3,(H,23,24,26). The van der Waals surface area contributed by atoms with Crippen LogP contribution in [0.2, 0.25) is 5.02 Å². The van der Waals surface area contributed by atoms with Crippen molar-refractivity contribution in [2.45, 2.75) is 26.8 Å². The van der Waals surface area contributed by atoms with Crippen molar-refractivity contribution in [2.24, 2.45) is 0 Å². The quantitative estimate of drug-likeness (QED) is 0.519. The number of nitrogens with one attached hydrogen (secondary N) is 1. The average Bonchev–Trinajstić information content (AvgIpc) is 3.03. The molecule has 0 unspecified atom stereocenters. The molecule has 1 N–H and O–H groups in total. The van der Waals surface area contributed by atoms with Crippen LogP contribution in [0, 0.1) is 13.8 Å². The van der Waals surface area contributed by atoms with E-state index in [9.17, 15) is 9.59 Å². The van der Waals surface area contributed by atoms with E-state index in [0.29, 0.717) is 16.7 Å². The summed E-state index contributed by atoms with van der Waals surface area (Å²) in [7, 11) is 0. The Morgan fingerprint density at radius 1 is 1.18 bits per heavy atom. The second-order valence-electron chi connectivity index (χ2n) is 6.72. The maximum Gasteiger partial charge on any atom is 0.251 e. The van der Waals surface area contributed by atoms with Gasteiger partial charge in [-0.3, -0.25) is 9.59 Å². The van der Waals surface area contributed by atoms with Gasteiger partial charge in [0.25, 0.3) is 5.56 Å². The molecular weight excluding hydrogens is 394 g/mol. The highest BCUT2D eigenvalue weighted by Crippen LogP contribution is 2.28. The van der Waals surface area contributed by atoms with Crippen molar-refractivity contribution in [3.8, 4) is 0 Å². The average molecular weight is 412 g/mol. The number of nitrogens with zero attached hydrogens (tertiary/aromatic N) is 2. The molecule has 0 spiro atoms. The Morgan fingerprint density at radius 3 is 2.82 bits per heavy atom. The van der Waals surface area contributed by atoms with Crippen LogP contribution in [0.4, 0.5) is 5.13 Å². The van der Waals surface area contributed by atoms with Crippen LogP contribution in [0.1, 0.15) is 17.5 Å². The summed E-state index contributed by atoms with van der Waals surface area (Å²) in [6.07, 6.45) is 0.184. The number of hydrogen-bond donors (Lipinski definition) is 1. The summed E-state index contributed by atoms with van der Waals surface area (Å²) in [6.45, 7) is 4.21. The van der Waals surface area contributed by atoms with E-state index in [4.69, 9.17) is 11.6 Å². The van der Waals surface area contributed by atoms with Gasteiger partial charge in [0.15, 0.2) is 5.13 Å². The third kappa shape index (κ3) is 3.53. The largest absolute Gasteiger partial charge is 0.307 e. The number of carbonyl (C=O) groups is 1. The smallest absolute Gasteiger partial charge is 0.251 e. The minimum atomic E-state index is -0.181. The molecule has 2 heterocycles. The van der Waals surface area contributed by atoms with Crippen LogP contribution in [0.5, 0.6) is 0 Å². The van der Waals surface area contributed by atoms with Gasteiger partial charge in [-0.1, -0.05) is 41.1 Å². The number of anilines is 1. The molecule has 0 saturated heterocycles. The van der Waals surface area contributed by atoms with E-state index < -0.39 is 0 Å². The van der Waals surface area contributed by atoms with Gasteiger partial charge in [-0.25, -0.2) is 4.98 Å². The number of benzene rings is 2. The molecule has 4 rings (SSSR count). The van der Waals surface area contributed by atoms with Crippen molar-refractivity contribution in [1.82, 2.24) is 9.55 Å². The molecule has 5 nitrogen and oxygen atoms in total. The first kappa shape index (κ1) is 18.7. The first-order chi connectivity index (χ1) is 13.4. The predicted octanol–water partition coefficient (Wildman–Crippen LogP) is 4.91. The Bertz CT molecular complexity index is 1280. The number of rotatable bonds is 4. The fourth-order valence-corrected chi connectivity index (χ4v) is 4.51. The van der Waals surface area contributed by atoms with E-state index >= 15 is 0 Å². The van der Waals surface area contributed by atoms with Crippen molar-refractivity contribution >= 4 is 55.1 Å². The number of amides is 1. The Hall–Kier alpha value is -2.70. The summed E-state index contributed by atoms with van der Waals surface area (Å²) in [6, 6.07) is 13.0. The molecule has 28 heavy (non-hydrogen) atoms. The minimum Gasteiger partial charge on any atom is -0.307 e. The molecule has 0 atom stereocenters. The first-order valence-electron chi connectivity index (χ1n) is 8.88. The third-order valence-electron chi connectivity index (χ3n) is 4.70. The second kappa shape index (κ2) is 7.37. The van der Waals surface area contributed by atoms with E-state index in [1.54, 1.807) is 16.7 Å². The zero-order valence-electron chi connectivity index (χ0n) is 15.5. The number of para-hydroxylation sites is 1. The molecule has 0 aliphatic carbocycles. The van der Waals surface area contributed by atoms with Crippen molar-refractivity contribution in [2.75, 3.05) is 5.32 Å². The van der Waals surface area contributed by atoms with E-state index in [1.807, 2.05) is 44.2 Å². The van der Waals surface area contributed by atoms with E-state index in [0.717, 1.165) is 32.2 Å². The lowest BCUT2D eigenvalue weighted by Gasteiger charge is -2.13. The summed E-state index contributed by atoms with van der Waals surface area (Å²) in [4.78, 5) is 29.4. The lowest BCUT2D eigenvalue weighted by Crippen LogP contribution is -2.24. The number of thiazole rings is 1. The van der Waals surface area contributed by atoms with Gasteiger partial charge < -0.3 is 9.88 Å². The van der Waals surface area contributed by atoms with Crippen molar-refractivity contribution < 1.29 is 4.79 Å². The summed E-state index contributed by atoms with van der Waals surface area (Å²) >= 11 is 7.37. The van der Waals surface area contributed by atoms with Gasteiger partial charge in [-0.05, 0) is 43.2 Å². The number of carbonyl (C=O) groups excluding carboxylic acids is 1. The molecule has 1 amide bonds. The van der Waals surface area contributed by atoms with E-state index in [1.165, 1.54) is 11.3 Å². The normalized spacial score (nSPS) is 11.2. The molecule has 7 heteroatoms. The van der Waals surface area contributed by atoms with Crippen LogP contribution in [0.25, 0.3) is 21.1 Å². The number of fused-ring (bicyclic) bond motifs is 2. The van der Waals surface area contributed by atoms with Crippen molar-refractivity contribution in [3.05, 3.63) is 69.0 Å². The van der Waals surface area contributed by atoms with Crippen LogP contribution in [0.15, 0.2) is 47.3 Å². The Kier molecular flexibility index (Phi) is 4.91. The predicted molar refractivity (Wildman–Crippen MR) is 116 cm³/mol. The second-order valence-corrected chi connectivity index (χ2v) is 8.18. The fourth-order valence-electron chi connectivity index (χ4n) is 3.36. The number of halogens is 1. The molecule has 0 aliphatic rings. The van der Waals surface area contributed by atoms with E-state index in [2.05, 4.69) is 10.3 Å². The van der Waals surface area contributed by atoms with Crippen LogP contribution >= 0.6 is 22.9 Å². The molecule has 2 aromatic heterocycles. The highest BCUT2D eigenvalue weighted by molar-refractivity contribution is 7.22. The molecule has 0 radical (unpaired) electrons. The van der Waals surface area contributed by atoms with Gasteiger partial charge in [0.2, 0.25) is 5.91 Å². The molecule has 0 aliphatic heterocycles. The zero-order chi connectivity index (χ0) is 19.8. The topological polar surface area (TPSA) is 64.0 Å². The first-order valence-corrected chi connectivity index (χ1v) is 10.1. The maximum atomic E-state index is 12.5. The van der Waals surface area contributed by atoms with Crippen molar-refractivity contribution in [1.29, 1.82) is 0 Å². The van der Waals surface area contributed by atoms with Gasteiger partial charge in [0.1, 0.15) is 0 Å². The van der Waals surface area contributed by atoms with Crippen LogP contribution in [-0.2, 0) is 11.3 Å². The van der Waals surface area contributed by atoms with Gasteiger partial charge >= 0.3 is 0 Å². The number of pyridine rings is 1. The fraction of sp³-hybridized carbons (Fsp3) is 0.190. The summed E-state index contributed by atoms with van der Waals surface area (Å²) in [5, 5.41) is 5.02. The Balaban J connectivity index is 1.55. The molecule has 0 saturated carbocycles. The summed E-state index contributed by atoms with van der Waals surface area (Å²) in [5.41, 5.74) is 3.54. The molecule has 4 aromatic rings. The molecular formula is C21H18ClN3O2S. The van der Waals surface area contributed by atoms with Crippen LogP contribution < -0.4 is 10.9 Å². The highest BCUT2D eigenvalue weighted by Gasteiger charge is 2.12. The Labute approximate surface area is 170 Å². The van der Waals surface area contributed by atoms with Gasteiger partial charge in [-0.2, -0.15) is 0 Å². The lowest BCUT2D eigenvalue weighted by molar-refractivity contribution is -0.116. The SMILES string of the molecule is Cc1cc(=O)n(CCC(=O)Nc2nc3ccc(Cl)cc3s2)c2c(C)cccc12. The minimum absolute atomic E-state index is 0.0956.